The van der Waals surface area contributed by atoms with Gasteiger partial charge in [-0.25, -0.2) is 0 Å². The molecular weight excluding hydrogens is 248 g/mol. The number of rotatable bonds is 4. The predicted molar refractivity (Wildman–Crippen MR) is 72.0 cm³/mol. The van der Waals surface area contributed by atoms with Crippen LogP contribution >= 0.6 is 11.3 Å². The van der Waals surface area contributed by atoms with Crippen molar-refractivity contribution in [1.29, 1.82) is 0 Å². The molecule has 4 nitrogen and oxygen atoms in total. The molecule has 2 rings (SSSR count). The van der Waals surface area contributed by atoms with Crippen LogP contribution < -0.4 is 10.9 Å². The van der Waals surface area contributed by atoms with Gasteiger partial charge in [0.2, 0.25) is 5.56 Å². The first-order valence-corrected chi connectivity index (χ1v) is 6.52. The molecule has 0 saturated carbocycles. The van der Waals surface area contributed by atoms with E-state index in [1.807, 2.05) is 17.5 Å². The minimum Gasteiger partial charge on any atom is -0.352 e. The standard InChI is InChI=1S/C13H14N2O2S/c1-15-9-10(4-5-12(15)16)13(17)14-7-6-11-3-2-8-18-11/h2-5,8-9H,6-7H2,1H3,(H,14,17). The van der Waals surface area contributed by atoms with E-state index in [-0.39, 0.29) is 11.5 Å². The molecule has 0 fully saturated rings. The third-order valence-electron chi connectivity index (χ3n) is 2.59. The molecule has 94 valence electrons. The summed E-state index contributed by atoms with van der Waals surface area (Å²) in [6, 6.07) is 6.98. The zero-order chi connectivity index (χ0) is 13.0. The van der Waals surface area contributed by atoms with Gasteiger partial charge in [0.05, 0.1) is 5.56 Å². The number of aromatic nitrogens is 1. The van der Waals surface area contributed by atoms with Gasteiger partial charge >= 0.3 is 0 Å². The zero-order valence-corrected chi connectivity index (χ0v) is 10.9. The topological polar surface area (TPSA) is 51.1 Å². The van der Waals surface area contributed by atoms with E-state index in [0.29, 0.717) is 12.1 Å². The van der Waals surface area contributed by atoms with E-state index in [0.717, 1.165) is 6.42 Å². The van der Waals surface area contributed by atoms with Crippen LogP contribution in [0.2, 0.25) is 0 Å². The first-order chi connectivity index (χ1) is 8.66. The third-order valence-corrected chi connectivity index (χ3v) is 3.52. The summed E-state index contributed by atoms with van der Waals surface area (Å²) in [5, 5.41) is 4.85. The van der Waals surface area contributed by atoms with Crippen molar-refractivity contribution >= 4 is 17.2 Å². The van der Waals surface area contributed by atoms with Crippen molar-refractivity contribution in [3.05, 3.63) is 56.6 Å². The summed E-state index contributed by atoms with van der Waals surface area (Å²) < 4.78 is 1.40. The average Bonchev–Trinajstić information content (AvgIpc) is 2.85. The van der Waals surface area contributed by atoms with Gasteiger partial charge < -0.3 is 9.88 Å². The van der Waals surface area contributed by atoms with Crippen LogP contribution in [0.15, 0.2) is 40.6 Å². The Labute approximate surface area is 109 Å². The lowest BCUT2D eigenvalue weighted by atomic mass is 10.2. The van der Waals surface area contributed by atoms with Crippen molar-refractivity contribution in [3.8, 4) is 0 Å². The van der Waals surface area contributed by atoms with Crippen LogP contribution in [0.25, 0.3) is 0 Å². The molecular formula is C13H14N2O2S. The number of aryl methyl sites for hydroxylation is 1. The summed E-state index contributed by atoms with van der Waals surface area (Å²) in [7, 11) is 1.63. The molecule has 0 aliphatic carbocycles. The number of carbonyl (C=O) groups is 1. The first-order valence-electron chi connectivity index (χ1n) is 5.64. The molecule has 0 radical (unpaired) electrons. The maximum Gasteiger partial charge on any atom is 0.252 e. The Morgan fingerprint density at radius 2 is 2.22 bits per heavy atom. The number of nitrogens with zero attached hydrogens (tertiary/aromatic N) is 1. The molecule has 2 aromatic heterocycles. The summed E-state index contributed by atoms with van der Waals surface area (Å²) in [5.41, 5.74) is 0.383. The van der Waals surface area contributed by atoms with Gasteiger partial charge in [0.25, 0.3) is 5.91 Å². The van der Waals surface area contributed by atoms with E-state index in [1.54, 1.807) is 30.6 Å². The SMILES string of the molecule is Cn1cc(C(=O)NCCc2cccs2)ccc1=O. The van der Waals surface area contributed by atoms with Gasteiger partial charge in [-0.15, -0.1) is 11.3 Å². The molecule has 2 heterocycles. The monoisotopic (exact) mass is 262 g/mol. The Kier molecular flexibility index (Phi) is 3.94. The van der Waals surface area contributed by atoms with Gasteiger partial charge in [0.1, 0.15) is 0 Å². The summed E-state index contributed by atoms with van der Waals surface area (Å²) in [6.45, 7) is 0.599. The van der Waals surface area contributed by atoms with Crippen LogP contribution in [0.1, 0.15) is 15.2 Å². The first kappa shape index (κ1) is 12.6. The molecule has 0 aliphatic heterocycles. The number of carbonyl (C=O) groups excluding carboxylic acids is 1. The normalized spacial score (nSPS) is 10.3. The molecule has 0 spiro atoms. The van der Waals surface area contributed by atoms with Crippen LogP contribution in [0, 0.1) is 0 Å². The van der Waals surface area contributed by atoms with Crippen LogP contribution in [0.3, 0.4) is 0 Å². The fraction of sp³-hybridized carbons (Fsp3) is 0.231. The number of hydrogen-bond donors (Lipinski definition) is 1. The van der Waals surface area contributed by atoms with E-state index < -0.39 is 0 Å². The van der Waals surface area contributed by atoms with Gasteiger partial charge in [-0.3, -0.25) is 9.59 Å². The average molecular weight is 262 g/mol. The Bertz CT molecular complexity index is 587. The molecule has 0 aliphatic rings. The molecule has 2 aromatic rings. The molecule has 0 unspecified atom stereocenters. The van der Waals surface area contributed by atoms with Crippen molar-refractivity contribution in [2.24, 2.45) is 7.05 Å². The summed E-state index contributed by atoms with van der Waals surface area (Å²) in [5.74, 6) is -0.151. The van der Waals surface area contributed by atoms with Crippen molar-refractivity contribution in [3.63, 3.8) is 0 Å². The molecule has 0 bridgehead atoms. The van der Waals surface area contributed by atoms with Crippen molar-refractivity contribution in [1.82, 2.24) is 9.88 Å². The molecule has 0 saturated heterocycles. The Morgan fingerprint density at radius 3 is 2.89 bits per heavy atom. The number of nitrogens with one attached hydrogen (secondary N) is 1. The van der Waals surface area contributed by atoms with E-state index >= 15 is 0 Å². The van der Waals surface area contributed by atoms with Gasteiger partial charge in [-0.1, -0.05) is 6.07 Å². The van der Waals surface area contributed by atoms with Gasteiger partial charge in [0, 0.05) is 30.7 Å². The fourth-order valence-corrected chi connectivity index (χ4v) is 2.29. The van der Waals surface area contributed by atoms with Crippen molar-refractivity contribution in [2.45, 2.75) is 6.42 Å². The highest BCUT2D eigenvalue weighted by atomic mass is 32.1. The highest BCUT2D eigenvalue weighted by molar-refractivity contribution is 7.09. The van der Waals surface area contributed by atoms with E-state index in [4.69, 9.17) is 0 Å². The summed E-state index contributed by atoms with van der Waals surface area (Å²) in [4.78, 5) is 24.3. The largest absolute Gasteiger partial charge is 0.352 e. The lowest BCUT2D eigenvalue weighted by Gasteiger charge is -2.05. The Hall–Kier alpha value is -1.88. The molecule has 1 N–H and O–H groups in total. The number of thiophene rings is 1. The minimum atomic E-state index is -0.151. The third kappa shape index (κ3) is 3.07. The number of hydrogen-bond acceptors (Lipinski definition) is 3. The quantitative estimate of drug-likeness (QED) is 0.906. The second-order valence-electron chi connectivity index (χ2n) is 3.95. The van der Waals surface area contributed by atoms with Gasteiger partial charge in [-0.05, 0) is 23.9 Å². The minimum absolute atomic E-state index is 0.120. The highest BCUT2D eigenvalue weighted by Crippen LogP contribution is 2.08. The van der Waals surface area contributed by atoms with Gasteiger partial charge in [-0.2, -0.15) is 0 Å². The van der Waals surface area contributed by atoms with Gasteiger partial charge in [0.15, 0.2) is 0 Å². The van der Waals surface area contributed by atoms with Crippen molar-refractivity contribution in [2.75, 3.05) is 6.54 Å². The number of pyridine rings is 1. The van der Waals surface area contributed by atoms with E-state index in [1.165, 1.54) is 15.5 Å². The van der Waals surface area contributed by atoms with Crippen LogP contribution in [0.4, 0.5) is 0 Å². The molecule has 1 amide bonds. The van der Waals surface area contributed by atoms with Crippen LogP contribution in [-0.4, -0.2) is 17.0 Å². The molecule has 0 aromatic carbocycles. The van der Waals surface area contributed by atoms with E-state index in [2.05, 4.69) is 5.32 Å². The lowest BCUT2D eigenvalue weighted by Crippen LogP contribution is -2.27. The smallest absolute Gasteiger partial charge is 0.252 e. The maximum atomic E-state index is 11.8. The second-order valence-corrected chi connectivity index (χ2v) is 4.98. The summed E-state index contributed by atoms with van der Waals surface area (Å²) >= 11 is 1.68. The number of amides is 1. The molecule has 18 heavy (non-hydrogen) atoms. The Morgan fingerprint density at radius 1 is 1.39 bits per heavy atom. The maximum absolute atomic E-state index is 11.8. The highest BCUT2D eigenvalue weighted by Gasteiger charge is 2.05. The van der Waals surface area contributed by atoms with Crippen LogP contribution in [0.5, 0.6) is 0 Å². The second kappa shape index (κ2) is 5.64. The van der Waals surface area contributed by atoms with E-state index in [9.17, 15) is 9.59 Å². The summed E-state index contributed by atoms with van der Waals surface area (Å²) in [6.07, 6.45) is 2.37. The molecule has 5 heteroatoms. The fourth-order valence-electron chi connectivity index (χ4n) is 1.58. The zero-order valence-electron chi connectivity index (χ0n) is 10.1. The molecule has 0 atom stereocenters. The van der Waals surface area contributed by atoms with Crippen molar-refractivity contribution < 1.29 is 4.79 Å². The Balaban J connectivity index is 1.91. The van der Waals surface area contributed by atoms with Crippen LogP contribution in [-0.2, 0) is 13.5 Å². The predicted octanol–water partition coefficient (Wildman–Crippen LogP) is 1.42. The lowest BCUT2D eigenvalue weighted by molar-refractivity contribution is 0.0953.